The first-order valence-corrected chi connectivity index (χ1v) is 6.73. The lowest BCUT2D eigenvalue weighted by atomic mass is 10.1. The summed E-state index contributed by atoms with van der Waals surface area (Å²) in [6.45, 7) is 5.77. The van der Waals surface area contributed by atoms with Crippen LogP contribution in [0.25, 0.3) is 0 Å². The number of hydrazine groups is 1. The summed E-state index contributed by atoms with van der Waals surface area (Å²) in [5, 5.41) is 0. The molecule has 0 radical (unpaired) electrons. The molecule has 98 valence electrons. The minimum atomic E-state index is 0.773. The molecule has 1 aromatic rings. The average molecular weight is 247 g/mol. The fourth-order valence-electron chi connectivity index (χ4n) is 3.08. The van der Waals surface area contributed by atoms with E-state index in [1.807, 2.05) is 18.3 Å². The Balaban J connectivity index is 1.62. The zero-order valence-corrected chi connectivity index (χ0v) is 10.7. The lowest BCUT2D eigenvalue weighted by molar-refractivity contribution is 0.0985. The monoisotopic (exact) mass is 247 g/mol. The van der Waals surface area contributed by atoms with Crippen LogP contribution in [-0.4, -0.2) is 47.0 Å². The van der Waals surface area contributed by atoms with Crippen LogP contribution >= 0.6 is 0 Å². The van der Waals surface area contributed by atoms with Crippen LogP contribution in [-0.2, 0) is 6.54 Å². The van der Waals surface area contributed by atoms with Gasteiger partial charge in [0.15, 0.2) is 0 Å². The molecule has 0 saturated carbocycles. The van der Waals surface area contributed by atoms with Crippen LogP contribution in [0.15, 0.2) is 18.3 Å². The van der Waals surface area contributed by atoms with Crippen molar-refractivity contribution < 1.29 is 0 Å². The molecule has 0 amide bonds. The molecular weight excluding hydrogens is 226 g/mol. The van der Waals surface area contributed by atoms with E-state index in [0.717, 1.165) is 30.5 Å². The zero-order chi connectivity index (χ0) is 12.4. The second-order valence-corrected chi connectivity index (χ2v) is 5.25. The number of fused-ring (bicyclic) bond motifs is 1. The van der Waals surface area contributed by atoms with Gasteiger partial charge in [-0.2, -0.15) is 0 Å². The van der Waals surface area contributed by atoms with E-state index in [1.54, 1.807) is 0 Å². The molecule has 1 aromatic heterocycles. The highest BCUT2D eigenvalue weighted by atomic mass is 15.3. The summed E-state index contributed by atoms with van der Waals surface area (Å²) in [5.74, 6) is 5.42. The summed E-state index contributed by atoms with van der Waals surface area (Å²) in [6, 6.07) is 4.69. The minimum absolute atomic E-state index is 0.773. The van der Waals surface area contributed by atoms with Crippen LogP contribution in [0.1, 0.15) is 18.5 Å². The quantitative estimate of drug-likeness (QED) is 0.606. The largest absolute Gasteiger partial charge is 0.324 e. The van der Waals surface area contributed by atoms with Gasteiger partial charge in [0, 0.05) is 38.4 Å². The molecule has 0 aliphatic carbocycles. The Morgan fingerprint density at radius 1 is 1.39 bits per heavy atom. The number of nitrogens with two attached hydrogens (primary N) is 1. The van der Waals surface area contributed by atoms with Gasteiger partial charge in [0.25, 0.3) is 0 Å². The Morgan fingerprint density at radius 3 is 3.22 bits per heavy atom. The SMILES string of the molecule is NNc1ccnc(CN2CCN3CCCC3C2)c1. The highest BCUT2D eigenvalue weighted by Gasteiger charge is 2.30. The topological polar surface area (TPSA) is 57.4 Å². The molecule has 2 fully saturated rings. The summed E-state index contributed by atoms with van der Waals surface area (Å²) < 4.78 is 0. The number of pyridine rings is 1. The third-order valence-corrected chi connectivity index (χ3v) is 4.04. The second-order valence-electron chi connectivity index (χ2n) is 5.25. The van der Waals surface area contributed by atoms with Gasteiger partial charge in [0.05, 0.1) is 11.4 Å². The average Bonchev–Trinajstić information content (AvgIpc) is 2.86. The molecule has 2 aliphatic rings. The number of piperazine rings is 1. The van der Waals surface area contributed by atoms with Gasteiger partial charge in [0.1, 0.15) is 0 Å². The summed E-state index contributed by atoms with van der Waals surface area (Å²) in [7, 11) is 0. The van der Waals surface area contributed by atoms with Crippen LogP contribution in [0.5, 0.6) is 0 Å². The Morgan fingerprint density at radius 2 is 2.33 bits per heavy atom. The van der Waals surface area contributed by atoms with Crippen molar-refractivity contribution in [2.24, 2.45) is 5.84 Å². The van der Waals surface area contributed by atoms with Gasteiger partial charge in [-0.25, -0.2) is 0 Å². The van der Waals surface area contributed by atoms with Gasteiger partial charge in [-0.15, -0.1) is 0 Å². The second kappa shape index (κ2) is 5.22. The molecule has 0 aromatic carbocycles. The molecule has 3 heterocycles. The fourth-order valence-corrected chi connectivity index (χ4v) is 3.08. The van der Waals surface area contributed by atoms with Crippen molar-refractivity contribution in [1.29, 1.82) is 0 Å². The smallest absolute Gasteiger partial charge is 0.0564 e. The standard InChI is InChI=1S/C13H21N5/c14-16-11-3-4-15-12(8-11)9-17-6-7-18-5-1-2-13(18)10-17/h3-4,8,13H,1-2,5-7,9-10,14H2,(H,15,16). The van der Waals surface area contributed by atoms with Crippen molar-refractivity contribution >= 4 is 5.69 Å². The van der Waals surface area contributed by atoms with E-state index in [2.05, 4.69) is 20.2 Å². The maximum absolute atomic E-state index is 5.42. The number of nitrogen functional groups attached to an aromatic ring is 1. The summed E-state index contributed by atoms with van der Waals surface area (Å²) in [5.41, 5.74) is 4.70. The molecule has 5 nitrogen and oxygen atoms in total. The third-order valence-electron chi connectivity index (χ3n) is 4.04. The number of hydrogen-bond donors (Lipinski definition) is 2. The van der Waals surface area contributed by atoms with E-state index in [0.29, 0.717) is 0 Å². The van der Waals surface area contributed by atoms with Gasteiger partial charge >= 0.3 is 0 Å². The van der Waals surface area contributed by atoms with Gasteiger partial charge in [-0.3, -0.25) is 20.6 Å². The lowest BCUT2D eigenvalue weighted by Gasteiger charge is -2.37. The molecule has 3 N–H and O–H groups in total. The summed E-state index contributed by atoms with van der Waals surface area (Å²) >= 11 is 0. The number of anilines is 1. The number of nitrogens with one attached hydrogen (secondary N) is 1. The Kier molecular flexibility index (Phi) is 3.45. The van der Waals surface area contributed by atoms with Crippen molar-refractivity contribution in [3.8, 4) is 0 Å². The predicted octanol–water partition coefficient (Wildman–Crippen LogP) is 0.647. The fraction of sp³-hybridized carbons (Fsp3) is 0.615. The van der Waals surface area contributed by atoms with Crippen LogP contribution in [0.4, 0.5) is 5.69 Å². The highest BCUT2D eigenvalue weighted by molar-refractivity contribution is 5.41. The zero-order valence-electron chi connectivity index (χ0n) is 10.7. The highest BCUT2D eigenvalue weighted by Crippen LogP contribution is 2.22. The molecule has 3 rings (SSSR count). The Labute approximate surface area is 108 Å². The minimum Gasteiger partial charge on any atom is -0.324 e. The van der Waals surface area contributed by atoms with Gasteiger partial charge in [-0.05, 0) is 31.5 Å². The molecule has 0 spiro atoms. The van der Waals surface area contributed by atoms with Gasteiger partial charge < -0.3 is 5.43 Å². The molecule has 18 heavy (non-hydrogen) atoms. The van der Waals surface area contributed by atoms with Crippen molar-refractivity contribution in [2.75, 3.05) is 31.6 Å². The summed E-state index contributed by atoms with van der Waals surface area (Å²) in [6.07, 6.45) is 4.54. The van der Waals surface area contributed by atoms with Gasteiger partial charge in [-0.1, -0.05) is 0 Å². The van der Waals surface area contributed by atoms with Crippen molar-refractivity contribution in [3.63, 3.8) is 0 Å². The maximum atomic E-state index is 5.42. The molecule has 0 bridgehead atoms. The van der Waals surface area contributed by atoms with Crippen LogP contribution in [0, 0.1) is 0 Å². The molecule has 2 aliphatic heterocycles. The number of rotatable bonds is 3. The van der Waals surface area contributed by atoms with Crippen LogP contribution in [0.2, 0.25) is 0 Å². The lowest BCUT2D eigenvalue weighted by Crippen LogP contribution is -2.49. The van der Waals surface area contributed by atoms with Crippen molar-refractivity contribution in [3.05, 3.63) is 24.0 Å². The first-order valence-electron chi connectivity index (χ1n) is 6.73. The van der Waals surface area contributed by atoms with E-state index in [1.165, 1.54) is 32.5 Å². The van der Waals surface area contributed by atoms with Gasteiger partial charge in [0.2, 0.25) is 0 Å². The molecule has 1 atom stereocenters. The van der Waals surface area contributed by atoms with Crippen LogP contribution < -0.4 is 11.3 Å². The first kappa shape index (κ1) is 11.9. The van der Waals surface area contributed by atoms with Crippen molar-refractivity contribution in [1.82, 2.24) is 14.8 Å². The van der Waals surface area contributed by atoms with Crippen LogP contribution in [0.3, 0.4) is 0 Å². The van der Waals surface area contributed by atoms with Crippen molar-refractivity contribution in [2.45, 2.75) is 25.4 Å². The predicted molar refractivity (Wildman–Crippen MR) is 71.9 cm³/mol. The Bertz CT molecular complexity index is 408. The van der Waals surface area contributed by atoms with E-state index >= 15 is 0 Å². The normalized spacial score (nSPS) is 25.1. The number of hydrogen-bond acceptors (Lipinski definition) is 5. The van der Waals surface area contributed by atoms with E-state index in [-0.39, 0.29) is 0 Å². The van der Waals surface area contributed by atoms with E-state index in [4.69, 9.17) is 5.84 Å². The maximum Gasteiger partial charge on any atom is 0.0564 e. The number of nitrogens with zero attached hydrogens (tertiary/aromatic N) is 3. The Hall–Kier alpha value is -1.17. The molecule has 1 unspecified atom stereocenters. The summed E-state index contributed by atoms with van der Waals surface area (Å²) in [4.78, 5) is 9.55. The molecule has 2 saturated heterocycles. The van der Waals surface area contributed by atoms with E-state index < -0.39 is 0 Å². The van der Waals surface area contributed by atoms with E-state index in [9.17, 15) is 0 Å². The molecular formula is C13H21N5. The number of aromatic nitrogens is 1. The molecule has 5 heteroatoms. The first-order chi connectivity index (χ1) is 8.85. The third kappa shape index (κ3) is 2.48.